The smallest absolute Gasteiger partial charge is 0.430 e. The number of ether oxygens (including phenoxy) is 1. The van der Waals surface area contributed by atoms with Gasteiger partial charge in [-0.2, -0.15) is 13.2 Å². The molecule has 0 fully saturated rings. The van der Waals surface area contributed by atoms with Crippen molar-refractivity contribution in [3.05, 3.63) is 0 Å². The van der Waals surface area contributed by atoms with Crippen molar-refractivity contribution < 1.29 is 27.8 Å². The van der Waals surface area contributed by atoms with Gasteiger partial charge in [0.15, 0.2) is 6.29 Å². The Kier molecular flexibility index (Phi) is 2.65. The molecule has 0 aliphatic rings. The van der Waals surface area contributed by atoms with Gasteiger partial charge in [0.2, 0.25) is 0 Å². The Labute approximate surface area is 54.4 Å². The summed E-state index contributed by atoms with van der Waals surface area (Å²) in [5.41, 5.74) is 0. The molecule has 0 spiro atoms. The maximum absolute atomic E-state index is 11.2. The van der Waals surface area contributed by atoms with Crippen LogP contribution in [0.3, 0.4) is 0 Å². The third kappa shape index (κ3) is 3.29. The molecule has 0 aromatic heterocycles. The lowest BCUT2D eigenvalue weighted by atomic mass is 10.6. The van der Waals surface area contributed by atoms with Gasteiger partial charge in [0.05, 0.1) is 0 Å². The molecule has 1 atom stereocenters. The average molecular weight is 158 g/mol. The molecule has 6 heteroatoms. The molecule has 1 N–H and O–H groups in total. The molecule has 0 radical (unpaired) electrons. The molecule has 0 aliphatic heterocycles. The van der Waals surface area contributed by atoms with E-state index in [1.54, 1.807) is 0 Å². The molecular formula is C4H5F3O3. The Morgan fingerprint density at radius 1 is 1.60 bits per heavy atom. The second-order valence-corrected chi connectivity index (χ2v) is 1.50. The van der Waals surface area contributed by atoms with Crippen LogP contribution in [0, 0.1) is 0 Å². The molecule has 0 aromatic rings. The van der Waals surface area contributed by atoms with Gasteiger partial charge in [-0.15, -0.1) is 0 Å². The average Bonchev–Trinajstić information content (AvgIpc) is 1.60. The van der Waals surface area contributed by atoms with E-state index in [1.807, 2.05) is 0 Å². The van der Waals surface area contributed by atoms with Crippen molar-refractivity contribution in [3.8, 4) is 0 Å². The summed E-state index contributed by atoms with van der Waals surface area (Å²) in [5, 5.41) is 8.14. The topological polar surface area (TPSA) is 46.5 Å². The summed E-state index contributed by atoms with van der Waals surface area (Å²) < 4.78 is 37.1. The van der Waals surface area contributed by atoms with E-state index in [0.717, 1.165) is 6.92 Å². The fourth-order valence-corrected chi connectivity index (χ4v) is 0.222. The standard InChI is InChI=1S/C4H5F3O3/c1-2(8)10-3(9)4(5,6)7/h2,8H,1H3. The van der Waals surface area contributed by atoms with Crippen molar-refractivity contribution in [1.82, 2.24) is 0 Å². The van der Waals surface area contributed by atoms with E-state index in [-0.39, 0.29) is 0 Å². The van der Waals surface area contributed by atoms with E-state index in [9.17, 15) is 18.0 Å². The van der Waals surface area contributed by atoms with Crippen LogP contribution in [0.15, 0.2) is 0 Å². The van der Waals surface area contributed by atoms with Gasteiger partial charge in [-0.3, -0.25) is 0 Å². The van der Waals surface area contributed by atoms with E-state index in [0.29, 0.717) is 0 Å². The van der Waals surface area contributed by atoms with Crippen LogP contribution in [0.2, 0.25) is 0 Å². The zero-order chi connectivity index (χ0) is 8.36. The maximum atomic E-state index is 11.2. The van der Waals surface area contributed by atoms with Crippen LogP contribution in [-0.2, 0) is 9.53 Å². The third-order valence-electron chi connectivity index (χ3n) is 0.509. The molecule has 1 unspecified atom stereocenters. The number of aliphatic hydroxyl groups excluding tert-OH is 1. The molecule has 0 bridgehead atoms. The highest BCUT2D eigenvalue weighted by molar-refractivity contribution is 5.75. The van der Waals surface area contributed by atoms with Crippen LogP contribution in [-0.4, -0.2) is 23.5 Å². The number of hydrogen-bond acceptors (Lipinski definition) is 3. The molecule has 0 aromatic carbocycles. The lowest BCUT2D eigenvalue weighted by molar-refractivity contribution is -0.217. The molecule has 0 amide bonds. The van der Waals surface area contributed by atoms with Gasteiger partial charge in [0.1, 0.15) is 0 Å². The molecule has 0 rings (SSSR count). The molecular weight excluding hydrogens is 153 g/mol. The van der Waals surface area contributed by atoms with Crippen LogP contribution < -0.4 is 0 Å². The molecule has 60 valence electrons. The van der Waals surface area contributed by atoms with Crippen LogP contribution in [0.5, 0.6) is 0 Å². The fourth-order valence-electron chi connectivity index (χ4n) is 0.222. The highest BCUT2D eigenvalue weighted by Crippen LogP contribution is 2.16. The quantitative estimate of drug-likeness (QED) is 0.444. The van der Waals surface area contributed by atoms with Crippen molar-refractivity contribution in [2.24, 2.45) is 0 Å². The number of halogens is 3. The van der Waals surface area contributed by atoms with Crippen LogP contribution in [0.25, 0.3) is 0 Å². The summed E-state index contributed by atoms with van der Waals surface area (Å²) in [4.78, 5) is 9.77. The van der Waals surface area contributed by atoms with E-state index in [2.05, 4.69) is 4.74 Å². The first-order valence-corrected chi connectivity index (χ1v) is 2.30. The number of carbonyl (C=O) groups excluding carboxylic acids is 1. The SMILES string of the molecule is CC(O)OC(=O)C(F)(F)F. The summed E-state index contributed by atoms with van der Waals surface area (Å²) in [5.74, 6) is -2.39. The van der Waals surface area contributed by atoms with Gasteiger partial charge in [-0.05, 0) is 6.92 Å². The summed E-state index contributed by atoms with van der Waals surface area (Å²) in [6, 6.07) is 0. The molecule has 0 heterocycles. The first-order chi connectivity index (χ1) is 4.34. The Morgan fingerprint density at radius 3 is 2.10 bits per heavy atom. The third-order valence-corrected chi connectivity index (χ3v) is 0.509. The highest BCUT2D eigenvalue weighted by Gasteiger charge is 2.41. The molecule has 0 aliphatic carbocycles. The second kappa shape index (κ2) is 2.87. The minimum absolute atomic E-state index is 0.906. The fraction of sp³-hybridized carbons (Fsp3) is 0.750. The van der Waals surface area contributed by atoms with Gasteiger partial charge >= 0.3 is 12.1 Å². The lowest BCUT2D eigenvalue weighted by Gasteiger charge is -2.08. The van der Waals surface area contributed by atoms with E-state index < -0.39 is 18.4 Å². The highest BCUT2D eigenvalue weighted by atomic mass is 19.4. The Morgan fingerprint density at radius 2 is 2.00 bits per heavy atom. The zero-order valence-electron chi connectivity index (χ0n) is 4.97. The summed E-state index contributed by atoms with van der Waals surface area (Å²) >= 11 is 0. The first-order valence-electron chi connectivity index (χ1n) is 2.30. The van der Waals surface area contributed by atoms with E-state index in [4.69, 9.17) is 5.11 Å². The monoisotopic (exact) mass is 158 g/mol. The van der Waals surface area contributed by atoms with Crippen molar-refractivity contribution in [3.63, 3.8) is 0 Å². The Hall–Kier alpha value is -0.780. The number of rotatable bonds is 1. The number of hydrogen-bond donors (Lipinski definition) is 1. The normalized spacial score (nSPS) is 14.5. The summed E-state index contributed by atoms with van der Waals surface area (Å²) in [7, 11) is 0. The predicted molar refractivity (Wildman–Crippen MR) is 23.8 cm³/mol. The van der Waals surface area contributed by atoms with E-state index >= 15 is 0 Å². The first kappa shape index (κ1) is 9.22. The summed E-state index contributed by atoms with van der Waals surface area (Å²) in [6.45, 7) is 0.906. The number of esters is 1. The van der Waals surface area contributed by atoms with Gasteiger partial charge in [-0.25, -0.2) is 4.79 Å². The Balaban J connectivity index is 3.87. The second-order valence-electron chi connectivity index (χ2n) is 1.50. The molecule has 10 heavy (non-hydrogen) atoms. The van der Waals surface area contributed by atoms with Crippen molar-refractivity contribution in [1.29, 1.82) is 0 Å². The van der Waals surface area contributed by atoms with Gasteiger partial charge < -0.3 is 9.84 Å². The van der Waals surface area contributed by atoms with Crippen molar-refractivity contribution in [2.45, 2.75) is 19.4 Å². The lowest BCUT2D eigenvalue weighted by Crippen LogP contribution is -2.28. The van der Waals surface area contributed by atoms with Crippen LogP contribution in [0.1, 0.15) is 6.92 Å². The summed E-state index contributed by atoms with van der Waals surface area (Å²) in [6.07, 6.45) is -6.76. The van der Waals surface area contributed by atoms with Crippen molar-refractivity contribution >= 4 is 5.97 Å². The molecule has 0 saturated heterocycles. The van der Waals surface area contributed by atoms with Gasteiger partial charge in [0, 0.05) is 0 Å². The molecule has 3 nitrogen and oxygen atoms in total. The van der Waals surface area contributed by atoms with Crippen molar-refractivity contribution in [2.75, 3.05) is 0 Å². The van der Waals surface area contributed by atoms with Gasteiger partial charge in [-0.1, -0.05) is 0 Å². The number of carbonyl (C=O) groups is 1. The van der Waals surface area contributed by atoms with E-state index in [1.165, 1.54) is 0 Å². The van der Waals surface area contributed by atoms with Gasteiger partial charge in [0.25, 0.3) is 0 Å². The Bertz CT molecular complexity index is 128. The maximum Gasteiger partial charge on any atom is 0.491 e. The minimum Gasteiger partial charge on any atom is -0.430 e. The number of alkyl halides is 3. The molecule has 0 saturated carbocycles. The van der Waals surface area contributed by atoms with Crippen LogP contribution in [0.4, 0.5) is 13.2 Å². The zero-order valence-corrected chi connectivity index (χ0v) is 4.97. The minimum atomic E-state index is -5.03. The predicted octanol–water partition coefficient (Wildman–Crippen LogP) is 0.430. The van der Waals surface area contributed by atoms with Crippen LogP contribution >= 0.6 is 0 Å². The largest absolute Gasteiger partial charge is 0.491 e. The number of aliphatic hydroxyl groups is 1.